The maximum absolute atomic E-state index is 11.9. The predicted molar refractivity (Wildman–Crippen MR) is 62.4 cm³/mol. The molecular weight excluding hydrogens is 222 g/mol. The van der Waals surface area contributed by atoms with Crippen molar-refractivity contribution in [2.75, 3.05) is 7.11 Å². The molecule has 0 aliphatic carbocycles. The lowest BCUT2D eigenvalue weighted by Gasteiger charge is -2.13. The number of aliphatic carboxylic acids is 1. The quantitative estimate of drug-likeness (QED) is 0.600. The first-order valence-electron chi connectivity index (χ1n) is 5.06. The van der Waals surface area contributed by atoms with Gasteiger partial charge in [-0.15, -0.1) is 0 Å². The Morgan fingerprint density at radius 2 is 1.94 bits per heavy atom. The molecule has 1 unspecified atom stereocenters. The molecule has 0 amide bonds. The normalized spacial score (nSPS) is 12.0. The number of Topliss-reactive ketones (excluding diaryl/α,β-unsaturated/α-hetero) is 1. The van der Waals surface area contributed by atoms with Crippen molar-refractivity contribution in [3.63, 3.8) is 0 Å². The Kier molecular flexibility index (Phi) is 3.85. The third-order valence-electron chi connectivity index (χ3n) is 2.46. The van der Waals surface area contributed by atoms with Gasteiger partial charge in [-0.2, -0.15) is 0 Å². The number of carboxylic acid groups (broad SMARTS) is 1. The molecule has 0 radical (unpaired) electrons. The molecule has 5 nitrogen and oxygen atoms in total. The topological polar surface area (TPSA) is 89.6 Å². The number of aryl methyl sites for hydroxylation is 2. The minimum Gasteiger partial charge on any atom is -0.496 e. The van der Waals surface area contributed by atoms with Gasteiger partial charge in [0.15, 0.2) is 11.8 Å². The van der Waals surface area contributed by atoms with Crippen molar-refractivity contribution < 1.29 is 19.4 Å². The first-order chi connectivity index (χ1) is 7.88. The Morgan fingerprint density at radius 3 is 2.41 bits per heavy atom. The number of hydrogen-bond acceptors (Lipinski definition) is 4. The Bertz CT molecular complexity index is 468. The Hall–Kier alpha value is -1.88. The number of ketones is 1. The van der Waals surface area contributed by atoms with Crippen LogP contribution in [0.15, 0.2) is 12.1 Å². The van der Waals surface area contributed by atoms with Gasteiger partial charge >= 0.3 is 5.97 Å². The smallest absolute Gasteiger partial charge is 0.328 e. The average Bonchev–Trinajstić information content (AvgIpc) is 2.25. The third-order valence-corrected chi connectivity index (χ3v) is 2.46. The van der Waals surface area contributed by atoms with Crippen molar-refractivity contribution in [2.24, 2.45) is 5.73 Å². The van der Waals surface area contributed by atoms with Gasteiger partial charge in [0.2, 0.25) is 0 Å². The second-order valence-corrected chi connectivity index (χ2v) is 3.84. The number of ether oxygens (including phenoxy) is 1. The van der Waals surface area contributed by atoms with Crippen LogP contribution in [0.2, 0.25) is 0 Å². The molecule has 0 saturated carbocycles. The number of rotatable bonds is 4. The van der Waals surface area contributed by atoms with Crippen LogP contribution in [0.1, 0.15) is 21.5 Å². The van der Waals surface area contributed by atoms with E-state index < -0.39 is 17.8 Å². The van der Waals surface area contributed by atoms with Crippen LogP contribution in [0, 0.1) is 13.8 Å². The van der Waals surface area contributed by atoms with Gasteiger partial charge in [0.25, 0.3) is 0 Å². The highest BCUT2D eigenvalue weighted by molar-refractivity contribution is 6.13. The fraction of sp³-hybridized carbons (Fsp3) is 0.333. The Labute approximate surface area is 99.2 Å². The van der Waals surface area contributed by atoms with Crippen LogP contribution in [-0.4, -0.2) is 30.0 Å². The molecule has 3 N–H and O–H groups in total. The predicted octanol–water partition coefficient (Wildman–Crippen LogP) is 0.907. The molecule has 0 saturated heterocycles. The van der Waals surface area contributed by atoms with Gasteiger partial charge in [-0.05, 0) is 31.0 Å². The minimum atomic E-state index is -1.56. The molecule has 1 rings (SSSR count). The summed E-state index contributed by atoms with van der Waals surface area (Å²) in [6.45, 7) is 3.58. The second kappa shape index (κ2) is 4.97. The van der Waals surface area contributed by atoms with Gasteiger partial charge in [0, 0.05) is 0 Å². The molecule has 0 spiro atoms. The van der Waals surface area contributed by atoms with Crippen molar-refractivity contribution in [3.05, 3.63) is 28.8 Å². The van der Waals surface area contributed by atoms with Crippen molar-refractivity contribution in [2.45, 2.75) is 19.9 Å². The molecule has 1 aromatic carbocycles. The van der Waals surface area contributed by atoms with Gasteiger partial charge < -0.3 is 15.6 Å². The minimum absolute atomic E-state index is 0.230. The summed E-state index contributed by atoms with van der Waals surface area (Å²) >= 11 is 0. The largest absolute Gasteiger partial charge is 0.496 e. The van der Waals surface area contributed by atoms with E-state index in [2.05, 4.69) is 0 Å². The van der Waals surface area contributed by atoms with Crippen LogP contribution in [0.3, 0.4) is 0 Å². The number of hydrogen-bond donors (Lipinski definition) is 2. The zero-order valence-corrected chi connectivity index (χ0v) is 9.98. The van der Waals surface area contributed by atoms with E-state index in [4.69, 9.17) is 15.6 Å². The van der Waals surface area contributed by atoms with Gasteiger partial charge in [-0.1, -0.05) is 6.07 Å². The first kappa shape index (κ1) is 13.2. The summed E-state index contributed by atoms with van der Waals surface area (Å²) in [5, 5.41) is 8.74. The fourth-order valence-electron chi connectivity index (χ4n) is 1.67. The van der Waals surface area contributed by atoms with Crippen LogP contribution < -0.4 is 10.5 Å². The van der Waals surface area contributed by atoms with Crippen LogP contribution in [0.5, 0.6) is 5.75 Å². The number of carbonyl (C=O) groups excluding carboxylic acids is 1. The molecule has 0 aliphatic rings. The molecule has 0 bridgehead atoms. The third kappa shape index (κ3) is 2.62. The van der Waals surface area contributed by atoms with Crippen molar-refractivity contribution >= 4 is 11.8 Å². The van der Waals surface area contributed by atoms with Crippen LogP contribution in [0.25, 0.3) is 0 Å². The SMILES string of the molecule is COc1cc(C)cc(C)c1C(=O)C(N)C(=O)O. The van der Waals surface area contributed by atoms with E-state index in [1.54, 1.807) is 19.1 Å². The molecule has 0 aromatic heterocycles. The molecular formula is C12H15NO4. The van der Waals surface area contributed by atoms with E-state index in [1.807, 2.05) is 6.92 Å². The number of methoxy groups -OCH3 is 1. The maximum atomic E-state index is 11.9. The van der Waals surface area contributed by atoms with E-state index in [0.29, 0.717) is 11.3 Å². The molecule has 5 heteroatoms. The van der Waals surface area contributed by atoms with Crippen LogP contribution in [0.4, 0.5) is 0 Å². The summed E-state index contributed by atoms with van der Waals surface area (Å²) in [6, 6.07) is 1.89. The van der Waals surface area contributed by atoms with Crippen LogP contribution >= 0.6 is 0 Å². The van der Waals surface area contributed by atoms with Gasteiger partial charge in [-0.3, -0.25) is 9.59 Å². The first-order valence-corrected chi connectivity index (χ1v) is 5.06. The molecule has 1 atom stereocenters. The Balaban J connectivity index is 3.30. The van der Waals surface area contributed by atoms with E-state index >= 15 is 0 Å². The fourth-order valence-corrected chi connectivity index (χ4v) is 1.67. The molecule has 17 heavy (non-hydrogen) atoms. The number of carbonyl (C=O) groups is 2. The lowest BCUT2D eigenvalue weighted by atomic mass is 9.97. The number of nitrogens with two attached hydrogens (primary N) is 1. The molecule has 1 aromatic rings. The molecule has 0 heterocycles. The standard InChI is InChI=1S/C12H15NO4/c1-6-4-7(2)9(8(5-6)17-3)11(14)10(13)12(15)16/h4-5,10H,13H2,1-3H3,(H,15,16). The highest BCUT2D eigenvalue weighted by Gasteiger charge is 2.27. The lowest BCUT2D eigenvalue weighted by molar-refractivity contribution is -0.137. The van der Waals surface area contributed by atoms with Crippen LogP contribution in [-0.2, 0) is 4.79 Å². The molecule has 0 fully saturated rings. The van der Waals surface area contributed by atoms with E-state index in [0.717, 1.165) is 5.56 Å². The van der Waals surface area contributed by atoms with E-state index in [9.17, 15) is 9.59 Å². The maximum Gasteiger partial charge on any atom is 0.328 e. The summed E-state index contributed by atoms with van der Waals surface area (Å²) in [5.74, 6) is -1.65. The van der Waals surface area contributed by atoms with Gasteiger partial charge in [0.1, 0.15) is 5.75 Å². The van der Waals surface area contributed by atoms with E-state index in [1.165, 1.54) is 7.11 Å². The summed E-state index contributed by atoms with van der Waals surface area (Å²) in [4.78, 5) is 22.6. The summed E-state index contributed by atoms with van der Waals surface area (Å²) in [6.07, 6.45) is 0. The Morgan fingerprint density at radius 1 is 1.35 bits per heavy atom. The zero-order chi connectivity index (χ0) is 13.2. The van der Waals surface area contributed by atoms with Crippen molar-refractivity contribution in [3.8, 4) is 5.75 Å². The van der Waals surface area contributed by atoms with Gasteiger partial charge in [-0.25, -0.2) is 0 Å². The van der Waals surface area contributed by atoms with Crippen molar-refractivity contribution in [1.29, 1.82) is 0 Å². The lowest BCUT2D eigenvalue weighted by Crippen LogP contribution is -2.39. The number of benzene rings is 1. The highest BCUT2D eigenvalue weighted by Crippen LogP contribution is 2.25. The summed E-state index contributed by atoms with van der Waals surface area (Å²) < 4.78 is 5.09. The number of carboxylic acids is 1. The second-order valence-electron chi connectivity index (χ2n) is 3.84. The monoisotopic (exact) mass is 237 g/mol. The molecule has 0 aliphatic heterocycles. The van der Waals surface area contributed by atoms with E-state index in [-0.39, 0.29) is 5.56 Å². The summed E-state index contributed by atoms with van der Waals surface area (Å²) in [7, 11) is 1.43. The highest BCUT2D eigenvalue weighted by atomic mass is 16.5. The zero-order valence-electron chi connectivity index (χ0n) is 9.98. The van der Waals surface area contributed by atoms with Gasteiger partial charge in [0.05, 0.1) is 12.7 Å². The van der Waals surface area contributed by atoms with Crippen molar-refractivity contribution in [1.82, 2.24) is 0 Å². The average molecular weight is 237 g/mol. The molecule has 92 valence electrons. The summed E-state index contributed by atoms with van der Waals surface area (Å²) in [5.41, 5.74) is 7.13.